The lowest BCUT2D eigenvalue weighted by molar-refractivity contribution is -0.274. The number of ether oxygens (including phenoxy) is 2. The third-order valence-corrected chi connectivity index (χ3v) is 4.37. The van der Waals surface area contributed by atoms with Crippen molar-refractivity contribution in [2.24, 2.45) is 0 Å². The van der Waals surface area contributed by atoms with Gasteiger partial charge in [0.1, 0.15) is 23.0 Å². The first-order valence-corrected chi connectivity index (χ1v) is 8.83. The lowest BCUT2D eigenvalue weighted by Crippen LogP contribution is -2.17. The summed E-state index contributed by atoms with van der Waals surface area (Å²) in [5.74, 6) is -0.221. The largest absolute Gasteiger partial charge is 0.573 e. The highest BCUT2D eigenvalue weighted by molar-refractivity contribution is 5.70. The Hall–Kier alpha value is -3.62. The molecule has 4 rings (SSSR count). The molecule has 0 aromatic heterocycles. The summed E-state index contributed by atoms with van der Waals surface area (Å²) < 4.78 is 62.0. The second-order valence-corrected chi connectivity index (χ2v) is 6.44. The Balaban J connectivity index is 1.59. The van der Waals surface area contributed by atoms with Crippen molar-refractivity contribution in [1.82, 2.24) is 14.5 Å². The molecular formula is C21H15F4N3O2. The Morgan fingerprint density at radius 2 is 1.70 bits per heavy atom. The maximum absolute atomic E-state index is 14.3. The summed E-state index contributed by atoms with van der Waals surface area (Å²) in [5, 5.41) is 0. The van der Waals surface area contributed by atoms with E-state index in [9.17, 15) is 17.6 Å². The van der Waals surface area contributed by atoms with Crippen molar-refractivity contribution in [2.45, 2.75) is 12.9 Å². The van der Waals surface area contributed by atoms with E-state index in [4.69, 9.17) is 4.74 Å². The van der Waals surface area contributed by atoms with Gasteiger partial charge in [0.25, 0.3) is 0 Å². The topological polar surface area (TPSA) is 49.2 Å². The summed E-state index contributed by atoms with van der Waals surface area (Å²) in [6.07, 6.45) is -1.23. The number of pyridine rings is 1. The molecule has 0 spiro atoms. The van der Waals surface area contributed by atoms with Crippen LogP contribution in [0.4, 0.5) is 17.6 Å². The van der Waals surface area contributed by atoms with Gasteiger partial charge in [-0.1, -0.05) is 18.2 Å². The zero-order chi connectivity index (χ0) is 21.3. The zero-order valence-corrected chi connectivity index (χ0v) is 15.7. The number of rotatable bonds is 5. The summed E-state index contributed by atoms with van der Waals surface area (Å²) in [7, 11) is 1.44. The molecule has 154 valence electrons. The van der Waals surface area contributed by atoms with Crippen LogP contribution in [0.15, 0.2) is 60.9 Å². The molecule has 0 saturated heterocycles. The smallest absolute Gasteiger partial charge is 0.496 e. The van der Waals surface area contributed by atoms with Gasteiger partial charge in [-0.2, -0.15) is 0 Å². The van der Waals surface area contributed by atoms with Gasteiger partial charge in [-0.3, -0.25) is 0 Å². The van der Waals surface area contributed by atoms with Crippen molar-refractivity contribution in [3.05, 3.63) is 72.3 Å². The number of hydrogen-bond acceptors (Lipinski definition) is 4. The van der Waals surface area contributed by atoms with Gasteiger partial charge in [-0.05, 0) is 35.9 Å². The van der Waals surface area contributed by atoms with Crippen LogP contribution >= 0.6 is 0 Å². The molecule has 0 aliphatic carbocycles. The Labute approximate surface area is 168 Å². The van der Waals surface area contributed by atoms with Crippen LogP contribution in [0, 0.1) is 5.82 Å². The predicted molar refractivity (Wildman–Crippen MR) is 101 cm³/mol. The normalized spacial score (nSPS) is 11.6. The minimum absolute atomic E-state index is 0.183. The van der Waals surface area contributed by atoms with Crippen LogP contribution in [0.25, 0.3) is 22.8 Å². The van der Waals surface area contributed by atoms with Crippen LogP contribution < -0.4 is 9.47 Å². The van der Waals surface area contributed by atoms with E-state index in [1.807, 2.05) is 0 Å². The number of halogens is 4. The Kier molecular flexibility index (Phi) is 5.03. The minimum atomic E-state index is -4.73. The van der Waals surface area contributed by atoms with Crippen molar-refractivity contribution >= 4 is 0 Å². The van der Waals surface area contributed by atoms with E-state index >= 15 is 0 Å². The van der Waals surface area contributed by atoms with E-state index in [0.29, 0.717) is 23.7 Å². The number of benzene rings is 2. The Morgan fingerprint density at radius 1 is 0.967 bits per heavy atom. The van der Waals surface area contributed by atoms with Crippen molar-refractivity contribution in [1.29, 1.82) is 0 Å². The number of aromatic nitrogens is 3. The molecule has 0 amide bonds. The second kappa shape index (κ2) is 7.66. The fraction of sp³-hybridized carbons (Fsp3) is 0.143. The first-order valence-electron chi connectivity index (χ1n) is 8.83. The molecular weight excluding hydrogens is 402 g/mol. The number of nitrogens with zero attached hydrogens (tertiary/aromatic N) is 3. The Morgan fingerprint density at radius 3 is 2.40 bits per heavy atom. The van der Waals surface area contributed by atoms with E-state index in [0.717, 1.165) is 5.56 Å². The molecule has 0 bridgehead atoms. The first kappa shape index (κ1) is 19.7. The van der Waals surface area contributed by atoms with Crippen LogP contribution in [0.1, 0.15) is 5.56 Å². The quantitative estimate of drug-likeness (QED) is 0.422. The molecule has 30 heavy (non-hydrogen) atoms. The molecule has 2 aliphatic heterocycles. The molecule has 2 aromatic rings. The summed E-state index contributed by atoms with van der Waals surface area (Å²) in [6, 6.07) is 11.8. The van der Waals surface area contributed by atoms with Crippen molar-refractivity contribution in [3.8, 4) is 34.3 Å². The number of methoxy groups -OCH3 is 1. The van der Waals surface area contributed by atoms with Crippen LogP contribution in [-0.4, -0.2) is 28.0 Å². The zero-order valence-electron chi connectivity index (χ0n) is 15.7. The third kappa shape index (κ3) is 4.19. The highest BCUT2D eigenvalue weighted by Gasteiger charge is 2.31. The maximum atomic E-state index is 14.3. The molecule has 2 aliphatic rings. The minimum Gasteiger partial charge on any atom is -0.496 e. The van der Waals surface area contributed by atoms with Crippen LogP contribution in [0.5, 0.6) is 11.5 Å². The average molecular weight is 417 g/mol. The number of imidazole rings is 1. The molecule has 2 aromatic carbocycles. The van der Waals surface area contributed by atoms with Crippen LogP contribution in [0.3, 0.4) is 0 Å². The van der Waals surface area contributed by atoms with Crippen LogP contribution in [-0.2, 0) is 6.54 Å². The third-order valence-electron chi connectivity index (χ3n) is 4.37. The van der Waals surface area contributed by atoms with E-state index in [2.05, 4.69) is 14.7 Å². The van der Waals surface area contributed by atoms with E-state index in [1.165, 1.54) is 25.3 Å². The molecule has 0 atom stereocenters. The fourth-order valence-electron chi connectivity index (χ4n) is 3.06. The van der Waals surface area contributed by atoms with Gasteiger partial charge >= 0.3 is 6.36 Å². The predicted octanol–water partition coefficient (Wildman–Crippen LogP) is 5.14. The van der Waals surface area contributed by atoms with Gasteiger partial charge in [0.2, 0.25) is 0 Å². The van der Waals surface area contributed by atoms with Gasteiger partial charge in [0, 0.05) is 18.9 Å². The first-order chi connectivity index (χ1) is 14.3. The molecule has 5 nitrogen and oxygen atoms in total. The van der Waals surface area contributed by atoms with Crippen LogP contribution in [0.2, 0.25) is 0 Å². The molecule has 9 heteroatoms. The monoisotopic (exact) mass is 417 g/mol. The maximum Gasteiger partial charge on any atom is 0.573 e. The summed E-state index contributed by atoms with van der Waals surface area (Å²) in [4.78, 5) is 8.79. The Bertz CT molecular complexity index is 1140. The molecule has 0 radical (unpaired) electrons. The van der Waals surface area contributed by atoms with E-state index in [1.54, 1.807) is 47.3 Å². The fourth-order valence-corrected chi connectivity index (χ4v) is 3.06. The lowest BCUT2D eigenvalue weighted by Gasteiger charge is -2.11. The van der Waals surface area contributed by atoms with Gasteiger partial charge in [-0.25, -0.2) is 14.4 Å². The summed E-state index contributed by atoms with van der Waals surface area (Å²) >= 11 is 0. The second-order valence-electron chi connectivity index (χ2n) is 6.44. The molecule has 0 N–H and O–H groups in total. The highest BCUT2D eigenvalue weighted by Crippen LogP contribution is 2.33. The highest BCUT2D eigenvalue weighted by atomic mass is 19.4. The summed E-state index contributed by atoms with van der Waals surface area (Å²) in [6.45, 7) is 0.396. The van der Waals surface area contributed by atoms with E-state index in [-0.39, 0.29) is 17.1 Å². The molecule has 2 heterocycles. The van der Waals surface area contributed by atoms with Gasteiger partial charge in [0.05, 0.1) is 18.4 Å². The lowest BCUT2D eigenvalue weighted by atomic mass is 10.2. The van der Waals surface area contributed by atoms with Gasteiger partial charge in [-0.15, -0.1) is 13.2 Å². The van der Waals surface area contributed by atoms with Gasteiger partial charge < -0.3 is 14.0 Å². The van der Waals surface area contributed by atoms with Crippen molar-refractivity contribution in [3.63, 3.8) is 0 Å². The summed E-state index contributed by atoms with van der Waals surface area (Å²) in [5.41, 5.74) is 2.09. The number of hydrogen-bond donors (Lipinski definition) is 0. The standard InChI is InChI=1S/C21H15F4N3O2/c1-29-18-4-2-3-15(22)19(18)20-26-16-9-10-28(12-17(16)27-20)11-13-5-7-14(8-6-13)30-21(23,24)25/h2-10,12H,11H2,1H3. The molecule has 0 unspecified atom stereocenters. The molecule has 0 saturated carbocycles. The van der Waals surface area contributed by atoms with E-state index < -0.39 is 12.2 Å². The molecule has 0 fully saturated rings. The average Bonchev–Trinajstić information content (AvgIpc) is 3.11. The number of fused-ring (bicyclic) bond motifs is 1. The van der Waals surface area contributed by atoms with Crippen molar-refractivity contribution < 1.29 is 27.0 Å². The SMILES string of the molecule is COc1cccc(F)c1-c1nc2ccn(Cc3ccc(OC(F)(F)F)cc3)cc-2n1. The van der Waals surface area contributed by atoms with Gasteiger partial charge in [0.15, 0.2) is 5.82 Å². The van der Waals surface area contributed by atoms with Crippen molar-refractivity contribution in [2.75, 3.05) is 7.11 Å². The number of alkyl halides is 3.